The number of ether oxygens (including phenoxy) is 2. The SMILES string of the molecule is CCOc1cc(/C=C2\SC(=Nc3ccc(C)cc3C)NC2=O)ccc1OCc1ccccc1Cl. The van der Waals surface area contributed by atoms with Crippen molar-refractivity contribution in [1.29, 1.82) is 0 Å². The van der Waals surface area contributed by atoms with Crippen molar-refractivity contribution in [2.45, 2.75) is 27.4 Å². The van der Waals surface area contributed by atoms with E-state index < -0.39 is 0 Å². The Morgan fingerprint density at radius 3 is 2.62 bits per heavy atom. The molecule has 1 heterocycles. The molecule has 5 nitrogen and oxygen atoms in total. The number of halogens is 1. The number of carbonyl (C=O) groups is 1. The molecule has 0 unspecified atom stereocenters. The summed E-state index contributed by atoms with van der Waals surface area (Å²) in [5.74, 6) is 1.05. The summed E-state index contributed by atoms with van der Waals surface area (Å²) in [7, 11) is 0. The maximum atomic E-state index is 12.5. The number of carbonyl (C=O) groups excluding carboxylic acids is 1. The number of nitrogens with zero attached hydrogens (tertiary/aromatic N) is 1. The molecule has 0 radical (unpaired) electrons. The van der Waals surface area contributed by atoms with Gasteiger partial charge in [-0.15, -0.1) is 0 Å². The van der Waals surface area contributed by atoms with Gasteiger partial charge in [-0.25, -0.2) is 4.99 Å². The first-order valence-electron chi connectivity index (χ1n) is 10.9. The Balaban J connectivity index is 1.52. The molecule has 7 heteroatoms. The van der Waals surface area contributed by atoms with E-state index in [1.807, 2.05) is 81.4 Å². The van der Waals surface area contributed by atoms with Gasteiger partial charge in [-0.3, -0.25) is 4.79 Å². The number of hydrogen-bond donors (Lipinski definition) is 1. The van der Waals surface area contributed by atoms with Crippen molar-refractivity contribution < 1.29 is 14.3 Å². The van der Waals surface area contributed by atoms with Crippen LogP contribution >= 0.6 is 23.4 Å². The number of hydrogen-bond acceptors (Lipinski definition) is 5. The van der Waals surface area contributed by atoms with Gasteiger partial charge in [0.15, 0.2) is 16.7 Å². The molecule has 1 N–H and O–H groups in total. The average molecular weight is 493 g/mol. The van der Waals surface area contributed by atoms with Crippen molar-refractivity contribution in [3.63, 3.8) is 0 Å². The van der Waals surface area contributed by atoms with Crippen LogP contribution in [0.25, 0.3) is 6.08 Å². The summed E-state index contributed by atoms with van der Waals surface area (Å²) in [6.45, 7) is 6.79. The fourth-order valence-electron chi connectivity index (χ4n) is 3.45. The summed E-state index contributed by atoms with van der Waals surface area (Å²) in [5, 5.41) is 4.07. The van der Waals surface area contributed by atoms with Gasteiger partial charge in [-0.1, -0.05) is 53.6 Å². The Kier molecular flexibility index (Phi) is 7.60. The third-order valence-corrected chi connectivity index (χ3v) is 6.41. The molecule has 1 saturated heterocycles. The van der Waals surface area contributed by atoms with E-state index in [1.165, 1.54) is 17.3 Å². The van der Waals surface area contributed by atoms with E-state index in [0.717, 1.165) is 22.4 Å². The zero-order valence-electron chi connectivity index (χ0n) is 19.2. The molecule has 0 saturated carbocycles. The number of rotatable bonds is 7. The molecule has 0 aliphatic carbocycles. The molecule has 0 bridgehead atoms. The van der Waals surface area contributed by atoms with Gasteiger partial charge in [0.05, 0.1) is 17.2 Å². The first-order chi connectivity index (χ1) is 16.4. The Labute approximate surface area is 208 Å². The minimum atomic E-state index is -0.175. The Bertz CT molecular complexity index is 1290. The van der Waals surface area contributed by atoms with Gasteiger partial charge in [0.25, 0.3) is 5.91 Å². The molecule has 0 spiro atoms. The van der Waals surface area contributed by atoms with Gasteiger partial charge in [-0.2, -0.15) is 0 Å². The van der Waals surface area contributed by atoms with Gasteiger partial charge >= 0.3 is 0 Å². The molecular weight excluding hydrogens is 468 g/mol. The molecular formula is C27H25ClN2O3S. The van der Waals surface area contributed by atoms with Crippen molar-refractivity contribution in [2.75, 3.05) is 6.61 Å². The third kappa shape index (κ3) is 5.82. The van der Waals surface area contributed by atoms with Crippen LogP contribution < -0.4 is 14.8 Å². The highest BCUT2D eigenvalue weighted by atomic mass is 35.5. The third-order valence-electron chi connectivity index (χ3n) is 5.13. The predicted octanol–water partition coefficient (Wildman–Crippen LogP) is 6.83. The summed E-state index contributed by atoms with van der Waals surface area (Å²) in [4.78, 5) is 17.7. The second kappa shape index (κ2) is 10.8. The Morgan fingerprint density at radius 2 is 1.85 bits per heavy atom. The topological polar surface area (TPSA) is 59.9 Å². The number of aliphatic imine (C=N–C) groups is 1. The van der Waals surface area contributed by atoms with Crippen molar-refractivity contribution in [3.8, 4) is 11.5 Å². The number of benzene rings is 3. The molecule has 3 aromatic rings. The van der Waals surface area contributed by atoms with Crippen LogP contribution in [-0.2, 0) is 11.4 Å². The van der Waals surface area contributed by atoms with E-state index in [9.17, 15) is 4.79 Å². The predicted molar refractivity (Wildman–Crippen MR) is 140 cm³/mol. The molecule has 1 amide bonds. The zero-order chi connectivity index (χ0) is 24.1. The minimum absolute atomic E-state index is 0.175. The highest BCUT2D eigenvalue weighted by Crippen LogP contribution is 2.33. The van der Waals surface area contributed by atoms with Crippen molar-refractivity contribution in [3.05, 3.63) is 92.8 Å². The van der Waals surface area contributed by atoms with E-state index in [0.29, 0.717) is 39.8 Å². The quantitative estimate of drug-likeness (QED) is 0.367. The molecule has 1 fully saturated rings. The normalized spacial score (nSPS) is 15.6. The molecule has 0 aromatic heterocycles. The van der Waals surface area contributed by atoms with Crippen LogP contribution in [0.15, 0.2) is 70.6 Å². The second-order valence-electron chi connectivity index (χ2n) is 7.79. The number of amidine groups is 1. The monoisotopic (exact) mass is 492 g/mol. The first-order valence-corrected chi connectivity index (χ1v) is 12.1. The summed E-state index contributed by atoms with van der Waals surface area (Å²) in [6, 6.07) is 19.2. The zero-order valence-corrected chi connectivity index (χ0v) is 20.8. The number of nitrogens with one attached hydrogen (secondary N) is 1. The van der Waals surface area contributed by atoms with E-state index >= 15 is 0 Å². The van der Waals surface area contributed by atoms with Crippen LogP contribution in [0.5, 0.6) is 11.5 Å². The summed E-state index contributed by atoms with van der Waals surface area (Å²) in [6.07, 6.45) is 1.82. The van der Waals surface area contributed by atoms with Crippen LogP contribution in [0.2, 0.25) is 5.02 Å². The number of amides is 1. The van der Waals surface area contributed by atoms with Gasteiger partial charge in [0.2, 0.25) is 0 Å². The van der Waals surface area contributed by atoms with Crippen molar-refractivity contribution in [1.82, 2.24) is 5.32 Å². The van der Waals surface area contributed by atoms with Crippen LogP contribution in [-0.4, -0.2) is 17.7 Å². The first kappa shape index (κ1) is 23.9. The van der Waals surface area contributed by atoms with Crippen LogP contribution in [0.1, 0.15) is 29.2 Å². The van der Waals surface area contributed by atoms with Gasteiger partial charge in [0, 0.05) is 10.6 Å². The minimum Gasteiger partial charge on any atom is -0.490 e. The maximum absolute atomic E-state index is 12.5. The smallest absolute Gasteiger partial charge is 0.264 e. The van der Waals surface area contributed by atoms with E-state index in [1.54, 1.807) is 0 Å². The highest BCUT2D eigenvalue weighted by Gasteiger charge is 2.24. The molecule has 1 aliphatic rings. The lowest BCUT2D eigenvalue weighted by molar-refractivity contribution is -0.115. The van der Waals surface area contributed by atoms with E-state index in [-0.39, 0.29) is 5.91 Å². The molecule has 1 aliphatic heterocycles. The van der Waals surface area contributed by atoms with Crippen molar-refractivity contribution >= 4 is 46.2 Å². The van der Waals surface area contributed by atoms with Gasteiger partial charge in [-0.05, 0) is 74.0 Å². The Hall–Kier alpha value is -3.22. The maximum Gasteiger partial charge on any atom is 0.264 e. The largest absolute Gasteiger partial charge is 0.490 e. The fraction of sp³-hybridized carbons (Fsp3) is 0.185. The van der Waals surface area contributed by atoms with Crippen LogP contribution in [0, 0.1) is 13.8 Å². The number of thioether (sulfide) groups is 1. The summed E-state index contributed by atoms with van der Waals surface area (Å²) >= 11 is 7.55. The molecule has 4 rings (SSSR count). The summed E-state index contributed by atoms with van der Waals surface area (Å²) in [5.41, 5.74) is 4.81. The molecule has 34 heavy (non-hydrogen) atoms. The van der Waals surface area contributed by atoms with Crippen LogP contribution in [0.3, 0.4) is 0 Å². The van der Waals surface area contributed by atoms with E-state index in [4.69, 9.17) is 21.1 Å². The molecule has 174 valence electrons. The van der Waals surface area contributed by atoms with Crippen molar-refractivity contribution in [2.24, 2.45) is 4.99 Å². The fourth-order valence-corrected chi connectivity index (χ4v) is 4.47. The molecule has 0 atom stereocenters. The lowest BCUT2D eigenvalue weighted by Crippen LogP contribution is -2.19. The standard InChI is InChI=1S/C27H25ClN2O3S/c1-4-32-24-14-19(10-12-23(24)33-16-20-7-5-6-8-21(20)28)15-25-26(31)30-27(34-25)29-22-11-9-17(2)13-18(22)3/h5-15H,4,16H2,1-3H3,(H,29,30,31)/b25-15-. The van der Waals surface area contributed by atoms with Crippen LogP contribution in [0.4, 0.5) is 5.69 Å². The average Bonchev–Trinajstić information content (AvgIpc) is 3.15. The second-order valence-corrected chi connectivity index (χ2v) is 9.23. The number of aryl methyl sites for hydroxylation is 2. The van der Waals surface area contributed by atoms with Gasteiger partial charge < -0.3 is 14.8 Å². The highest BCUT2D eigenvalue weighted by molar-refractivity contribution is 8.18. The molecule has 3 aromatic carbocycles. The lowest BCUT2D eigenvalue weighted by atomic mass is 10.1. The lowest BCUT2D eigenvalue weighted by Gasteiger charge is -2.13. The van der Waals surface area contributed by atoms with Gasteiger partial charge in [0.1, 0.15) is 6.61 Å². The Morgan fingerprint density at radius 1 is 1.03 bits per heavy atom. The summed E-state index contributed by atoms with van der Waals surface area (Å²) < 4.78 is 11.8. The van der Waals surface area contributed by atoms with E-state index in [2.05, 4.69) is 16.4 Å².